The SMILES string of the molecule is C[C@]12CCC3c4ccc(NS(=O)(=O)O)cc4CCC3(C=CCCCCCCC(O)C(F)=C(F)F)C1CC[C@@H]2O. The molecular weight excluding hydrogens is 531 g/mol. The quantitative estimate of drug-likeness (QED) is 0.132. The van der Waals surface area contributed by atoms with Gasteiger partial charge in [-0.25, -0.2) is 4.39 Å². The minimum Gasteiger partial charge on any atom is -0.393 e. The molecule has 10 heteroatoms. The third kappa shape index (κ3) is 6.39. The first-order chi connectivity index (χ1) is 18.4. The maximum absolute atomic E-state index is 13.0. The summed E-state index contributed by atoms with van der Waals surface area (Å²) in [5.74, 6) is -1.15. The minimum absolute atomic E-state index is 0.0206. The molecule has 0 aromatic heterocycles. The van der Waals surface area contributed by atoms with Crippen LogP contribution in [0.5, 0.6) is 0 Å². The topological polar surface area (TPSA) is 107 Å². The first kappa shape index (κ1) is 30.1. The first-order valence-electron chi connectivity index (χ1n) is 14.0. The fourth-order valence-corrected chi connectivity index (χ4v) is 8.18. The van der Waals surface area contributed by atoms with Gasteiger partial charge in [0.25, 0.3) is 0 Å². The Balaban J connectivity index is 1.45. The molecule has 1 aromatic rings. The lowest BCUT2D eigenvalue weighted by Gasteiger charge is -2.57. The fourth-order valence-electron chi connectivity index (χ4n) is 7.75. The van der Waals surface area contributed by atoms with Crippen molar-refractivity contribution in [1.29, 1.82) is 0 Å². The molecule has 1 aromatic carbocycles. The van der Waals surface area contributed by atoms with Gasteiger partial charge in [-0.3, -0.25) is 9.27 Å². The van der Waals surface area contributed by atoms with Crippen molar-refractivity contribution in [3.63, 3.8) is 0 Å². The molecule has 3 aliphatic rings. The predicted molar refractivity (Wildman–Crippen MR) is 144 cm³/mol. The van der Waals surface area contributed by atoms with E-state index in [9.17, 15) is 36.4 Å². The smallest absolute Gasteiger partial charge is 0.357 e. The van der Waals surface area contributed by atoms with Crippen LogP contribution in [0.4, 0.5) is 18.9 Å². The third-order valence-electron chi connectivity index (χ3n) is 9.65. The Morgan fingerprint density at radius 3 is 2.59 bits per heavy atom. The molecule has 0 bridgehead atoms. The monoisotopic (exact) mass is 571 g/mol. The maximum atomic E-state index is 13.0. The highest BCUT2D eigenvalue weighted by Crippen LogP contribution is 2.67. The summed E-state index contributed by atoms with van der Waals surface area (Å²) < 4.78 is 71.5. The van der Waals surface area contributed by atoms with E-state index >= 15 is 0 Å². The van der Waals surface area contributed by atoms with Gasteiger partial charge in [0, 0.05) is 0 Å². The number of benzene rings is 1. The molecule has 2 fully saturated rings. The van der Waals surface area contributed by atoms with Crippen LogP contribution in [0.2, 0.25) is 0 Å². The number of nitrogens with one attached hydrogen (secondary N) is 1. The fraction of sp³-hybridized carbons (Fsp3) is 0.655. The van der Waals surface area contributed by atoms with Gasteiger partial charge in [-0.2, -0.15) is 17.2 Å². The largest absolute Gasteiger partial charge is 0.393 e. The normalized spacial score (nSPS) is 30.9. The zero-order chi connectivity index (χ0) is 28.4. The van der Waals surface area contributed by atoms with Crippen LogP contribution in [-0.2, 0) is 16.7 Å². The number of unbranched alkanes of at least 4 members (excludes halogenated alkanes) is 4. The second kappa shape index (κ2) is 11.9. The van der Waals surface area contributed by atoms with E-state index in [1.807, 2.05) is 12.1 Å². The van der Waals surface area contributed by atoms with Crippen LogP contribution in [0.1, 0.15) is 94.6 Å². The number of hydrogen-bond donors (Lipinski definition) is 4. The molecular formula is C29H40F3NO5S. The van der Waals surface area contributed by atoms with Crippen molar-refractivity contribution in [2.45, 2.75) is 102 Å². The Bertz CT molecular complexity index is 1200. The summed E-state index contributed by atoms with van der Waals surface area (Å²) in [4.78, 5) is 0. The second-order valence-electron chi connectivity index (χ2n) is 11.9. The zero-order valence-corrected chi connectivity index (χ0v) is 23.2. The highest BCUT2D eigenvalue weighted by molar-refractivity contribution is 7.87. The number of hydrogen-bond acceptors (Lipinski definition) is 4. The van der Waals surface area contributed by atoms with Crippen LogP contribution in [-0.4, -0.2) is 35.4 Å². The van der Waals surface area contributed by atoms with E-state index in [4.69, 9.17) is 0 Å². The molecule has 4 unspecified atom stereocenters. The average molecular weight is 572 g/mol. The molecule has 0 radical (unpaired) electrons. The Hall–Kier alpha value is -1.88. The van der Waals surface area contributed by atoms with Crippen molar-refractivity contribution < 1.29 is 36.4 Å². The van der Waals surface area contributed by atoms with Gasteiger partial charge >= 0.3 is 16.4 Å². The molecule has 39 heavy (non-hydrogen) atoms. The lowest BCUT2D eigenvalue weighted by Crippen LogP contribution is -2.50. The Morgan fingerprint density at radius 2 is 1.87 bits per heavy atom. The summed E-state index contributed by atoms with van der Waals surface area (Å²) in [6, 6.07) is 5.49. The molecule has 4 N–H and O–H groups in total. The van der Waals surface area contributed by atoms with Gasteiger partial charge in [-0.1, -0.05) is 44.4 Å². The van der Waals surface area contributed by atoms with Crippen molar-refractivity contribution in [2.75, 3.05) is 4.72 Å². The molecule has 0 aliphatic heterocycles. The summed E-state index contributed by atoms with van der Waals surface area (Å²) in [5, 5.41) is 20.4. The molecule has 218 valence electrons. The lowest BCUT2D eigenvalue weighted by molar-refractivity contribution is -0.0530. The van der Waals surface area contributed by atoms with Gasteiger partial charge in [0.05, 0.1) is 11.8 Å². The maximum Gasteiger partial charge on any atom is 0.357 e. The molecule has 0 amide bonds. The molecule has 0 spiro atoms. The number of halogens is 3. The molecule has 6 nitrogen and oxygen atoms in total. The van der Waals surface area contributed by atoms with Crippen LogP contribution < -0.4 is 4.72 Å². The zero-order valence-electron chi connectivity index (χ0n) is 22.4. The molecule has 3 aliphatic carbocycles. The van der Waals surface area contributed by atoms with E-state index in [2.05, 4.69) is 23.8 Å². The van der Waals surface area contributed by atoms with Crippen LogP contribution in [0, 0.1) is 16.7 Å². The Morgan fingerprint density at radius 1 is 1.13 bits per heavy atom. The average Bonchev–Trinajstić information content (AvgIpc) is 3.18. The highest BCUT2D eigenvalue weighted by Gasteiger charge is 2.60. The van der Waals surface area contributed by atoms with Gasteiger partial charge in [0.1, 0.15) is 6.10 Å². The number of aryl methyl sites for hydroxylation is 1. The summed E-state index contributed by atoms with van der Waals surface area (Å²) >= 11 is 0. The minimum atomic E-state index is -4.35. The van der Waals surface area contributed by atoms with Crippen molar-refractivity contribution in [1.82, 2.24) is 0 Å². The van der Waals surface area contributed by atoms with E-state index in [0.29, 0.717) is 18.0 Å². The van der Waals surface area contributed by atoms with Crippen molar-refractivity contribution in [2.24, 2.45) is 16.7 Å². The standard InChI is InChI=1S/C29H40F3NO5S/c1-28-16-14-22-21-10-9-20(33-39(36,37)38)18-19(21)13-17-29(22,24(28)11-12-25(28)35)15-7-5-3-2-4-6-8-23(34)26(30)27(31)32/h7,9-10,15,18,22-25,33-35H,2-6,8,11-14,16-17H2,1H3,(H,36,37,38)/t22?,23?,24?,25-,28-,29?/m0/s1. The molecule has 6 atom stereocenters. The van der Waals surface area contributed by atoms with Crippen molar-refractivity contribution >= 4 is 16.0 Å². The number of aliphatic hydroxyl groups excluding tert-OH is 2. The number of anilines is 1. The lowest BCUT2D eigenvalue weighted by atomic mass is 9.47. The number of fused-ring (bicyclic) bond motifs is 5. The number of allylic oxidation sites excluding steroid dienone is 2. The van der Waals surface area contributed by atoms with Crippen LogP contribution in [0.25, 0.3) is 0 Å². The summed E-state index contributed by atoms with van der Waals surface area (Å²) in [5.41, 5.74) is 2.38. The second-order valence-corrected chi connectivity index (χ2v) is 13.0. The predicted octanol–water partition coefficient (Wildman–Crippen LogP) is 6.82. The third-order valence-corrected chi connectivity index (χ3v) is 10.1. The van der Waals surface area contributed by atoms with Gasteiger partial charge in [0.2, 0.25) is 0 Å². The van der Waals surface area contributed by atoms with E-state index in [1.54, 1.807) is 6.07 Å². The van der Waals surface area contributed by atoms with Crippen LogP contribution in [0.3, 0.4) is 0 Å². The van der Waals surface area contributed by atoms with Gasteiger partial charge in [-0.15, -0.1) is 0 Å². The van der Waals surface area contributed by atoms with E-state index in [-0.39, 0.29) is 29.3 Å². The van der Waals surface area contributed by atoms with Crippen LogP contribution >= 0.6 is 0 Å². The molecule has 0 heterocycles. The molecule has 4 rings (SSSR count). The van der Waals surface area contributed by atoms with Gasteiger partial charge < -0.3 is 10.2 Å². The van der Waals surface area contributed by atoms with Gasteiger partial charge in [-0.05, 0) is 104 Å². The Labute approximate surface area is 229 Å². The first-order valence-corrected chi connectivity index (χ1v) is 15.4. The van der Waals surface area contributed by atoms with Crippen LogP contribution in [0.15, 0.2) is 42.3 Å². The summed E-state index contributed by atoms with van der Waals surface area (Å²) in [6.45, 7) is 2.22. The molecule has 2 saturated carbocycles. The van der Waals surface area contributed by atoms with E-state index < -0.39 is 28.3 Å². The summed E-state index contributed by atoms with van der Waals surface area (Å²) in [6.07, 6.45) is 9.14. The Kier molecular flexibility index (Phi) is 9.20. The summed E-state index contributed by atoms with van der Waals surface area (Å²) in [7, 11) is -4.35. The van der Waals surface area contributed by atoms with Crippen molar-refractivity contribution in [3.05, 3.63) is 53.4 Å². The molecule has 0 saturated heterocycles. The van der Waals surface area contributed by atoms with Crippen molar-refractivity contribution in [3.8, 4) is 0 Å². The van der Waals surface area contributed by atoms with Gasteiger partial charge in [0.15, 0.2) is 5.83 Å². The highest BCUT2D eigenvalue weighted by atomic mass is 32.2. The number of aliphatic hydroxyl groups is 2. The number of rotatable bonds is 11. The van der Waals surface area contributed by atoms with E-state index in [0.717, 1.165) is 69.8 Å². The van der Waals surface area contributed by atoms with E-state index in [1.165, 1.54) is 5.56 Å².